The zero-order valence-corrected chi connectivity index (χ0v) is 23.6. The Morgan fingerprint density at radius 3 is 2.54 bits per heavy atom. The number of fused-ring (bicyclic) bond motifs is 1. The van der Waals surface area contributed by atoms with Crippen molar-refractivity contribution < 1.29 is 18.7 Å². The molecule has 0 aliphatic carbocycles. The monoisotopic (exact) mass is 564 g/mol. The lowest BCUT2D eigenvalue weighted by atomic mass is 10.0. The number of imidazole rings is 1. The number of aromatic nitrogens is 5. The van der Waals surface area contributed by atoms with Crippen molar-refractivity contribution in [1.82, 2.24) is 34.7 Å². The van der Waals surface area contributed by atoms with Crippen LogP contribution in [0.25, 0.3) is 22.3 Å². The lowest BCUT2D eigenvalue weighted by Gasteiger charge is -2.32. The number of nitrogens with zero attached hydrogens (tertiary/aromatic N) is 6. The number of halogens is 2. The molecule has 1 aliphatic heterocycles. The minimum Gasteiger partial charge on any atom is -0.395 e. The van der Waals surface area contributed by atoms with E-state index in [1.165, 1.54) is 6.07 Å². The fourth-order valence-corrected chi connectivity index (χ4v) is 5.38. The van der Waals surface area contributed by atoms with E-state index >= 15 is 4.39 Å². The van der Waals surface area contributed by atoms with E-state index in [2.05, 4.69) is 30.6 Å². The molecule has 0 bridgehead atoms. The van der Waals surface area contributed by atoms with Gasteiger partial charge in [0.15, 0.2) is 11.6 Å². The summed E-state index contributed by atoms with van der Waals surface area (Å²) in [6.07, 6.45) is 2.66. The summed E-state index contributed by atoms with van der Waals surface area (Å²) in [4.78, 5) is 32.2. The molecule has 1 fully saturated rings. The molecule has 1 aromatic carbocycles. The molecule has 10 nitrogen and oxygen atoms in total. The molecule has 0 spiro atoms. The van der Waals surface area contributed by atoms with Crippen molar-refractivity contribution >= 4 is 28.7 Å². The van der Waals surface area contributed by atoms with Gasteiger partial charge in [0.1, 0.15) is 22.9 Å². The Kier molecular flexibility index (Phi) is 8.22. The quantitative estimate of drug-likeness (QED) is 0.290. The molecule has 3 N–H and O–H groups in total. The fourth-order valence-electron chi connectivity index (χ4n) is 5.38. The van der Waals surface area contributed by atoms with E-state index in [0.29, 0.717) is 48.1 Å². The van der Waals surface area contributed by atoms with Crippen LogP contribution in [0.2, 0.25) is 0 Å². The topological polar surface area (TPSA) is 121 Å². The van der Waals surface area contributed by atoms with Crippen molar-refractivity contribution in [2.45, 2.75) is 52.6 Å². The maximum Gasteiger partial charge on any atom is 0.255 e. The molecule has 216 valence electrons. The third-order valence-corrected chi connectivity index (χ3v) is 7.34. The van der Waals surface area contributed by atoms with Gasteiger partial charge in [-0.15, -0.1) is 0 Å². The zero-order valence-electron chi connectivity index (χ0n) is 23.6. The molecule has 1 aliphatic rings. The molecule has 4 aromatic rings. The Morgan fingerprint density at radius 2 is 1.85 bits per heavy atom. The molecule has 5 rings (SSSR count). The normalized spacial score (nSPS) is 14.3. The Bertz CT molecular complexity index is 1580. The molecule has 4 heterocycles. The van der Waals surface area contributed by atoms with E-state index in [-0.39, 0.29) is 47.3 Å². The summed E-state index contributed by atoms with van der Waals surface area (Å²) < 4.78 is 31.8. The number of anilines is 2. The van der Waals surface area contributed by atoms with Crippen LogP contribution >= 0.6 is 0 Å². The third kappa shape index (κ3) is 5.89. The average Bonchev–Trinajstić information content (AvgIpc) is 3.29. The number of likely N-dealkylation sites (tertiary alicyclic amines) is 1. The summed E-state index contributed by atoms with van der Waals surface area (Å²) in [5, 5.41) is 15.3. The number of carbonyl (C=O) groups is 1. The van der Waals surface area contributed by atoms with Gasteiger partial charge in [0.2, 0.25) is 5.95 Å². The number of hydrogen-bond acceptors (Lipinski definition) is 8. The summed E-state index contributed by atoms with van der Waals surface area (Å²) in [6.45, 7) is 9.39. The minimum atomic E-state index is -0.693. The minimum absolute atomic E-state index is 0.0343. The summed E-state index contributed by atoms with van der Waals surface area (Å²) in [5.41, 5.74) is 2.03. The summed E-state index contributed by atoms with van der Waals surface area (Å²) in [7, 11) is 0. The van der Waals surface area contributed by atoms with Gasteiger partial charge in [0.05, 0.1) is 29.6 Å². The molecule has 0 saturated carbocycles. The van der Waals surface area contributed by atoms with Crippen LogP contribution in [0, 0.1) is 25.5 Å². The Morgan fingerprint density at radius 1 is 1.10 bits per heavy atom. The maximum absolute atomic E-state index is 15.0. The van der Waals surface area contributed by atoms with Crippen LogP contribution in [-0.4, -0.2) is 72.7 Å². The highest BCUT2D eigenvalue weighted by Gasteiger charge is 2.25. The van der Waals surface area contributed by atoms with Crippen LogP contribution < -0.4 is 10.6 Å². The van der Waals surface area contributed by atoms with Gasteiger partial charge in [-0.25, -0.2) is 28.7 Å². The number of carbonyl (C=O) groups excluding carboxylic acids is 1. The van der Waals surface area contributed by atoms with Crippen molar-refractivity contribution in [1.29, 1.82) is 0 Å². The van der Waals surface area contributed by atoms with Gasteiger partial charge in [-0.3, -0.25) is 4.79 Å². The van der Waals surface area contributed by atoms with Crippen molar-refractivity contribution in [3.05, 3.63) is 59.2 Å². The van der Waals surface area contributed by atoms with Gasteiger partial charge in [-0.2, -0.15) is 0 Å². The van der Waals surface area contributed by atoms with E-state index in [1.54, 1.807) is 32.0 Å². The first-order chi connectivity index (χ1) is 19.7. The molecular formula is C29H34F2N8O2. The molecule has 41 heavy (non-hydrogen) atoms. The lowest BCUT2D eigenvalue weighted by molar-refractivity contribution is 0.0702. The molecule has 0 radical (unpaired) electrons. The van der Waals surface area contributed by atoms with Gasteiger partial charge in [-0.1, -0.05) is 0 Å². The van der Waals surface area contributed by atoms with Crippen LogP contribution in [0.1, 0.15) is 54.6 Å². The number of hydrogen-bond donors (Lipinski definition) is 3. The van der Waals surface area contributed by atoms with Gasteiger partial charge in [-0.05, 0) is 64.8 Å². The number of pyridine rings is 1. The fraction of sp³-hybridized carbons (Fsp3) is 0.414. The SMILES string of the molecule is Cc1nc(Nc2ncc(F)c(-c3cc(F)c4nc(C)n(C(C)C)c4c3)n2)ccc1C(=O)N1CCC(NCCO)CC1. The molecular weight excluding hydrogens is 530 g/mol. The van der Waals surface area contributed by atoms with E-state index in [9.17, 15) is 9.18 Å². The number of piperidine rings is 1. The molecule has 12 heteroatoms. The van der Waals surface area contributed by atoms with Crippen LogP contribution in [-0.2, 0) is 0 Å². The second kappa shape index (κ2) is 11.8. The van der Waals surface area contributed by atoms with Gasteiger partial charge in [0, 0.05) is 37.3 Å². The Balaban J connectivity index is 1.35. The first kappa shape index (κ1) is 28.5. The number of amides is 1. The molecule has 0 unspecified atom stereocenters. The van der Waals surface area contributed by atoms with Gasteiger partial charge in [0.25, 0.3) is 5.91 Å². The maximum atomic E-state index is 15.0. The first-order valence-electron chi connectivity index (χ1n) is 13.8. The number of aryl methyl sites for hydroxylation is 2. The van der Waals surface area contributed by atoms with Crippen molar-refractivity contribution in [3.63, 3.8) is 0 Å². The average molecular weight is 565 g/mol. The third-order valence-electron chi connectivity index (χ3n) is 7.34. The van der Waals surface area contributed by atoms with Crippen molar-refractivity contribution in [2.24, 2.45) is 0 Å². The number of aliphatic hydroxyl groups excluding tert-OH is 1. The highest BCUT2D eigenvalue weighted by atomic mass is 19.1. The highest BCUT2D eigenvalue weighted by molar-refractivity contribution is 5.95. The second-order valence-corrected chi connectivity index (χ2v) is 10.5. The van der Waals surface area contributed by atoms with E-state index in [0.717, 1.165) is 19.0 Å². The standard InChI is InChI=1S/C29H34F2N8O2/c1-16(2)39-18(4)35-27-22(30)13-19(14-24(27)39)26-23(31)15-33-29(37-26)36-25-6-5-21(17(3)34-25)28(41)38-10-7-20(8-11-38)32-9-12-40/h5-6,13-16,20,32,40H,7-12H2,1-4H3,(H,33,34,36,37). The van der Waals surface area contributed by atoms with E-state index in [1.807, 2.05) is 23.3 Å². The molecule has 1 amide bonds. The predicted octanol–water partition coefficient (Wildman–Crippen LogP) is 4.29. The molecule has 3 aromatic heterocycles. The Labute approximate surface area is 236 Å². The number of nitrogens with one attached hydrogen (secondary N) is 2. The van der Waals surface area contributed by atoms with E-state index < -0.39 is 11.6 Å². The van der Waals surface area contributed by atoms with E-state index in [4.69, 9.17) is 5.11 Å². The van der Waals surface area contributed by atoms with Crippen LogP contribution in [0.3, 0.4) is 0 Å². The number of benzene rings is 1. The molecule has 0 atom stereocenters. The Hall–Kier alpha value is -4.03. The highest BCUT2D eigenvalue weighted by Crippen LogP contribution is 2.30. The largest absolute Gasteiger partial charge is 0.395 e. The van der Waals surface area contributed by atoms with Crippen LogP contribution in [0.5, 0.6) is 0 Å². The molecule has 1 saturated heterocycles. The van der Waals surface area contributed by atoms with Crippen LogP contribution in [0.15, 0.2) is 30.5 Å². The van der Waals surface area contributed by atoms with Crippen molar-refractivity contribution in [2.75, 3.05) is 31.6 Å². The summed E-state index contributed by atoms with van der Waals surface area (Å²) in [6, 6.07) is 6.58. The summed E-state index contributed by atoms with van der Waals surface area (Å²) in [5.74, 6) is -0.203. The van der Waals surface area contributed by atoms with Gasteiger partial charge < -0.3 is 25.2 Å². The number of aliphatic hydroxyl groups is 1. The number of rotatable bonds is 8. The first-order valence-corrected chi connectivity index (χ1v) is 13.8. The summed E-state index contributed by atoms with van der Waals surface area (Å²) >= 11 is 0. The zero-order chi connectivity index (χ0) is 29.3. The lowest BCUT2D eigenvalue weighted by Crippen LogP contribution is -2.45. The van der Waals surface area contributed by atoms with Gasteiger partial charge >= 0.3 is 0 Å². The predicted molar refractivity (Wildman–Crippen MR) is 152 cm³/mol. The van der Waals surface area contributed by atoms with Crippen LogP contribution in [0.4, 0.5) is 20.5 Å². The smallest absolute Gasteiger partial charge is 0.255 e. The van der Waals surface area contributed by atoms with Crippen molar-refractivity contribution in [3.8, 4) is 11.3 Å². The second-order valence-electron chi connectivity index (χ2n) is 10.5.